The average Bonchev–Trinajstić information content (AvgIpc) is 2.73. The van der Waals surface area contributed by atoms with Gasteiger partial charge >= 0.3 is 5.97 Å². The zero-order chi connectivity index (χ0) is 13.3. The molecule has 0 radical (unpaired) electrons. The third kappa shape index (κ3) is 2.19. The Balaban J connectivity index is 2.52. The van der Waals surface area contributed by atoms with Gasteiger partial charge in [0, 0.05) is 5.56 Å². The molecule has 0 fully saturated rings. The van der Waals surface area contributed by atoms with Crippen molar-refractivity contribution in [2.75, 3.05) is 12.8 Å². The summed E-state index contributed by atoms with van der Waals surface area (Å²) in [5.41, 5.74) is 6.94. The SMILES string of the molecule is COC(=O)c1nc(-c2cc(C)ccc2F)sc1N. The molecule has 0 unspecified atom stereocenters. The van der Waals surface area contributed by atoms with Gasteiger partial charge in [-0.05, 0) is 19.1 Å². The molecular formula is C12H11FN2O2S. The molecule has 2 rings (SSSR count). The van der Waals surface area contributed by atoms with E-state index in [2.05, 4.69) is 9.72 Å². The Morgan fingerprint density at radius 1 is 1.50 bits per heavy atom. The Kier molecular flexibility index (Phi) is 3.29. The number of hydrogen-bond donors (Lipinski definition) is 1. The lowest BCUT2D eigenvalue weighted by atomic mass is 10.1. The minimum atomic E-state index is -0.622. The number of nitrogen functional groups attached to an aromatic ring is 1. The summed E-state index contributed by atoms with van der Waals surface area (Å²) in [6.07, 6.45) is 0. The van der Waals surface area contributed by atoms with E-state index >= 15 is 0 Å². The van der Waals surface area contributed by atoms with E-state index in [4.69, 9.17) is 5.73 Å². The van der Waals surface area contributed by atoms with Gasteiger partial charge in [0.1, 0.15) is 15.8 Å². The molecule has 2 aromatic rings. The van der Waals surface area contributed by atoms with Gasteiger partial charge in [-0.25, -0.2) is 14.2 Å². The topological polar surface area (TPSA) is 65.2 Å². The summed E-state index contributed by atoms with van der Waals surface area (Å²) >= 11 is 1.06. The molecule has 1 aromatic carbocycles. The maximum Gasteiger partial charge on any atom is 0.359 e. The van der Waals surface area contributed by atoms with Crippen molar-refractivity contribution >= 4 is 22.3 Å². The van der Waals surface area contributed by atoms with Gasteiger partial charge in [0.25, 0.3) is 0 Å². The first-order valence-corrected chi connectivity index (χ1v) is 5.95. The van der Waals surface area contributed by atoms with Crippen LogP contribution in [-0.2, 0) is 4.74 Å². The lowest BCUT2D eigenvalue weighted by Crippen LogP contribution is -2.04. The number of benzene rings is 1. The third-order valence-corrected chi connectivity index (χ3v) is 3.30. The fourth-order valence-electron chi connectivity index (χ4n) is 1.49. The number of aromatic nitrogens is 1. The van der Waals surface area contributed by atoms with Gasteiger partial charge in [-0.2, -0.15) is 0 Å². The minimum absolute atomic E-state index is 0.0263. The van der Waals surface area contributed by atoms with Gasteiger partial charge in [0.2, 0.25) is 0 Å². The molecule has 1 aromatic heterocycles. The summed E-state index contributed by atoms with van der Waals surface area (Å²) < 4.78 is 18.2. The number of aryl methyl sites for hydroxylation is 1. The van der Waals surface area contributed by atoms with E-state index in [0.29, 0.717) is 10.6 Å². The Labute approximate surface area is 107 Å². The number of anilines is 1. The molecule has 0 spiro atoms. The number of thiazole rings is 1. The zero-order valence-electron chi connectivity index (χ0n) is 9.86. The van der Waals surface area contributed by atoms with Crippen LogP contribution >= 0.6 is 11.3 Å². The lowest BCUT2D eigenvalue weighted by Gasteiger charge is -2.00. The van der Waals surface area contributed by atoms with Crippen LogP contribution in [0.4, 0.5) is 9.39 Å². The van der Waals surface area contributed by atoms with E-state index < -0.39 is 11.8 Å². The molecular weight excluding hydrogens is 255 g/mol. The molecule has 94 valence electrons. The van der Waals surface area contributed by atoms with Crippen molar-refractivity contribution in [1.82, 2.24) is 4.98 Å². The molecule has 0 saturated heterocycles. The van der Waals surface area contributed by atoms with Crippen molar-refractivity contribution in [3.05, 3.63) is 35.3 Å². The van der Waals surface area contributed by atoms with Crippen molar-refractivity contribution in [3.8, 4) is 10.6 Å². The average molecular weight is 266 g/mol. The number of rotatable bonds is 2. The highest BCUT2D eigenvalue weighted by atomic mass is 32.1. The van der Waals surface area contributed by atoms with Gasteiger partial charge in [-0.1, -0.05) is 23.0 Å². The molecule has 0 bridgehead atoms. The Morgan fingerprint density at radius 3 is 2.89 bits per heavy atom. The predicted molar refractivity (Wildman–Crippen MR) is 68.0 cm³/mol. The smallest absolute Gasteiger partial charge is 0.359 e. The number of methoxy groups -OCH3 is 1. The zero-order valence-corrected chi connectivity index (χ0v) is 10.7. The number of ether oxygens (including phenoxy) is 1. The molecule has 6 heteroatoms. The number of nitrogens with zero attached hydrogens (tertiary/aromatic N) is 1. The van der Waals surface area contributed by atoms with Crippen molar-refractivity contribution in [3.63, 3.8) is 0 Å². The van der Waals surface area contributed by atoms with Crippen LogP contribution in [-0.4, -0.2) is 18.1 Å². The molecule has 0 amide bonds. The van der Waals surface area contributed by atoms with Gasteiger partial charge in [0.05, 0.1) is 7.11 Å². The van der Waals surface area contributed by atoms with E-state index in [0.717, 1.165) is 16.9 Å². The molecule has 2 N–H and O–H groups in total. The number of carbonyl (C=O) groups is 1. The maximum absolute atomic E-state index is 13.7. The molecule has 18 heavy (non-hydrogen) atoms. The third-order valence-electron chi connectivity index (χ3n) is 2.38. The monoisotopic (exact) mass is 266 g/mol. The standard InChI is InChI=1S/C12H11FN2O2S/c1-6-3-4-8(13)7(5-6)11-15-9(10(14)18-11)12(16)17-2/h3-5H,14H2,1-2H3. The van der Waals surface area contributed by atoms with Crippen LogP contribution in [0.15, 0.2) is 18.2 Å². The highest BCUT2D eigenvalue weighted by Crippen LogP contribution is 2.32. The quantitative estimate of drug-likeness (QED) is 0.849. The van der Waals surface area contributed by atoms with E-state index in [1.807, 2.05) is 6.92 Å². The van der Waals surface area contributed by atoms with Crippen LogP contribution in [0.3, 0.4) is 0 Å². The molecule has 0 saturated carbocycles. The normalized spacial score (nSPS) is 10.4. The second-order valence-electron chi connectivity index (χ2n) is 3.71. The number of hydrogen-bond acceptors (Lipinski definition) is 5. The fourth-order valence-corrected chi connectivity index (χ4v) is 2.33. The summed E-state index contributed by atoms with van der Waals surface area (Å²) in [6.45, 7) is 1.85. The first kappa shape index (κ1) is 12.5. The summed E-state index contributed by atoms with van der Waals surface area (Å²) in [5, 5.41) is 0.590. The predicted octanol–water partition coefficient (Wildman–Crippen LogP) is 2.63. The first-order valence-electron chi connectivity index (χ1n) is 5.14. The van der Waals surface area contributed by atoms with E-state index in [9.17, 15) is 9.18 Å². The Morgan fingerprint density at radius 2 is 2.22 bits per heavy atom. The van der Waals surface area contributed by atoms with Crippen LogP contribution in [0.2, 0.25) is 0 Å². The van der Waals surface area contributed by atoms with Crippen LogP contribution < -0.4 is 5.73 Å². The highest BCUT2D eigenvalue weighted by Gasteiger charge is 2.19. The van der Waals surface area contributed by atoms with E-state index in [-0.39, 0.29) is 10.7 Å². The van der Waals surface area contributed by atoms with Crippen molar-refractivity contribution in [2.24, 2.45) is 0 Å². The molecule has 1 heterocycles. The van der Waals surface area contributed by atoms with E-state index in [1.54, 1.807) is 12.1 Å². The molecule has 0 aliphatic heterocycles. The van der Waals surface area contributed by atoms with Gasteiger partial charge in [-0.15, -0.1) is 0 Å². The van der Waals surface area contributed by atoms with Crippen molar-refractivity contribution in [1.29, 1.82) is 0 Å². The number of nitrogens with two attached hydrogens (primary N) is 1. The summed E-state index contributed by atoms with van der Waals surface area (Å²) in [5.74, 6) is -1.02. The summed E-state index contributed by atoms with van der Waals surface area (Å²) in [7, 11) is 1.24. The molecule has 0 aliphatic carbocycles. The highest BCUT2D eigenvalue weighted by molar-refractivity contribution is 7.19. The summed E-state index contributed by atoms with van der Waals surface area (Å²) in [4.78, 5) is 15.4. The first-order chi connectivity index (χ1) is 8.52. The van der Waals surface area contributed by atoms with Crippen LogP contribution in [0.1, 0.15) is 16.1 Å². The fraction of sp³-hybridized carbons (Fsp3) is 0.167. The van der Waals surface area contributed by atoms with E-state index in [1.165, 1.54) is 13.2 Å². The molecule has 4 nitrogen and oxygen atoms in total. The minimum Gasteiger partial charge on any atom is -0.464 e. The van der Waals surface area contributed by atoms with Crippen LogP contribution in [0.25, 0.3) is 10.6 Å². The molecule has 0 atom stereocenters. The molecule has 0 aliphatic rings. The van der Waals surface area contributed by atoms with Gasteiger partial charge in [-0.3, -0.25) is 0 Å². The second-order valence-corrected chi connectivity index (χ2v) is 4.74. The maximum atomic E-state index is 13.7. The van der Waals surface area contributed by atoms with Gasteiger partial charge in [0.15, 0.2) is 5.69 Å². The number of halogens is 1. The second kappa shape index (κ2) is 4.73. The Bertz CT molecular complexity index is 610. The van der Waals surface area contributed by atoms with Crippen molar-refractivity contribution in [2.45, 2.75) is 6.92 Å². The summed E-state index contributed by atoms with van der Waals surface area (Å²) in [6, 6.07) is 4.69. The number of esters is 1. The Hall–Kier alpha value is -1.95. The largest absolute Gasteiger partial charge is 0.464 e. The lowest BCUT2D eigenvalue weighted by molar-refractivity contribution is 0.0596. The van der Waals surface area contributed by atoms with Gasteiger partial charge < -0.3 is 10.5 Å². The number of carbonyl (C=O) groups excluding carboxylic acids is 1. The van der Waals surface area contributed by atoms with Crippen molar-refractivity contribution < 1.29 is 13.9 Å². The van der Waals surface area contributed by atoms with Crippen LogP contribution in [0, 0.1) is 12.7 Å². The van der Waals surface area contributed by atoms with Crippen LogP contribution in [0.5, 0.6) is 0 Å².